The SMILES string of the molecule is O=C(O)c1cc2ccccc2nc1C(Cl)(Cl)Cl. The van der Waals surface area contributed by atoms with Crippen LogP contribution >= 0.6 is 34.8 Å². The van der Waals surface area contributed by atoms with Crippen molar-refractivity contribution in [3.63, 3.8) is 0 Å². The molecular weight excluding hydrogens is 284 g/mol. The zero-order valence-corrected chi connectivity index (χ0v) is 10.6. The van der Waals surface area contributed by atoms with Crippen molar-refractivity contribution >= 4 is 51.7 Å². The molecule has 0 aliphatic rings. The Hall–Kier alpha value is -1.03. The van der Waals surface area contributed by atoms with Crippen LogP contribution in [0.15, 0.2) is 30.3 Å². The van der Waals surface area contributed by atoms with E-state index in [-0.39, 0.29) is 11.3 Å². The highest BCUT2D eigenvalue weighted by molar-refractivity contribution is 6.66. The van der Waals surface area contributed by atoms with E-state index in [1.54, 1.807) is 24.3 Å². The van der Waals surface area contributed by atoms with Crippen molar-refractivity contribution in [1.82, 2.24) is 4.98 Å². The summed E-state index contributed by atoms with van der Waals surface area (Å²) in [6, 6.07) is 8.47. The number of fused-ring (bicyclic) bond motifs is 1. The number of aromatic carboxylic acids is 1. The lowest BCUT2D eigenvalue weighted by atomic mass is 10.1. The van der Waals surface area contributed by atoms with Crippen LogP contribution in [0, 0.1) is 0 Å². The maximum atomic E-state index is 11.1. The zero-order valence-electron chi connectivity index (χ0n) is 8.32. The summed E-state index contributed by atoms with van der Waals surface area (Å²) < 4.78 is -1.86. The number of para-hydroxylation sites is 1. The summed E-state index contributed by atoms with van der Waals surface area (Å²) in [4.78, 5) is 15.2. The summed E-state index contributed by atoms with van der Waals surface area (Å²) in [5.74, 6) is -1.18. The predicted octanol–water partition coefficient (Wildman–Crippen LogP) is 3.76. The monoisotopic (exact) mass is 289 g/mol. The molecule has 0 radical (unpaired) electrons. The van der Waals surface area contributed by atoms with Gasteiger partial charge in [0, 0.05) is 5.39 Å². The van der Waals surface area contributed by atoms with Gasteiger partial charge in [-0.05, 0) is 12.1 Å². The molecule has 0 atom stereocenters. The molecule has 0 saturated carbocycles. The number of hydrogen-bond acceptors (Lipinski definition) is 2. The van der Waals surface area contributed by atoms with Gasteiger partial charge in [0.05, 0.1) is 11.1 Å². The molecule has 0 bridgehead atoms. The van der Waals surface area contributed by atoms with E-state index in [1.807, 2.05) is 0 Å². The molecular formula is C11H6Cl3NO2. The van der Waals surface area contributed by atoms with Crippen LogP contribution in [0.3, 0.4) is 0 Å². The number of hydrogen-bond donors (Lipinski definition) is 1. The van der Waals surface area contributed by atoms with Crippen molar-refractivity contribution in [1.29, 1.82) is 0 Å². The molecule has 3 nitrogen and oxygen atoms in total. The van der Waals surface area contributed by atoms with Gasteiger partial charge in [0.15, 0.2) is 0 Å². The van der Waals surface area contributed by atoms with Gasteiger partial charge in [-0.1, -0.05) is 53.0 Å². The van der Waals surface area contributed by atoms with Crippen LogP contribution in [0.5, 0.6) is 0 Å². The molecule has 6 heteroatoms. The van der Waals surface area contributed by atoms with E-state index in [0.717, 1.165) is 0 Å². The van der Waals surface area contributed by atoms with Crippen LogP contribution < -0.4 is 0 Å². The molecule has 0 saturated heterocycles. The molecule has 88 valence electrons. The van der Waals surface area contributed by atoms with Crippen molar-refractivity contribution in [3.8, 4) is 0 Å². The third-order valence-electron chi connectivity index (χ3n) is 2.22. The molecule has 0 fully saturated rings. The van der Waals surface area contributed by atoms with E-state index in [2.05, 4.69) is 4.98 Å². The fourth-order valence-electron chi connectivity index (χ4n) is 1.50. The lowest BCUT2D eigenvalue weighted by Gasteiger charge is -2.14. The Kier molecular flexibility index (Phi) is 3.17. The smallest absolute Gasteiger partial charge is 0.337 e. The van der Waals surface area contributed by atoms with E-state index >= 15 is 0 Å². The Bertz CT molecular complexity index is 593. The number of aromatic nitrogens is 1. The Morgan fingerprint density at radius 2 is 1.88 bits per heavy atom. The first-order chi connectivity index (χ1) is 7.89. The zero-order chi connectivity index (χ0) is 12.6. The van der Waals surface area contributed by atoms with Gasteiger partial charge in [0.25, 0.3) is 0 Å². The minimum absolute atomic E-state index is 0.0753. The topological polar surface area (TPSA) is 50.2 Å². The Morgan fingerprint density at radius 3 is 2.47 bits per heavy atom. The van der Waals surface area contributed by atoms with E-state index in [4.69, 9.17) is 39.9 Å². The third kappa shape index (κ3) is 2.46. The summed E-state index contributed by atoms with van der Waals surface area (Å²) in [5, 5.41) is 9.76. The first-order valence-corrected chi connectivity index (χ1v) is 5.73. The number of alkyl halides is 3. The summed E-state index contributed by atoms with van der Waals surface area (Å²) in [6.45, 7) is 0. The number of pyridine rings is 1. The molecule has 0 unspecified atom stereocenters. The number of rotatable bonds is 1. The molecule has 1 N–H and O–H groups in total. The van der Waals surface area contributed by atoms with Gasteiger partial charge in [-0.15, -0.1) is 0 Å². The quantitative estimate of drug-likeness (QED) is 0.814. The van der Waals surface area contributed by atoms with Gasteiger partial charge in [-0.2, -0.15) is 0 Å². The predicted molar refractivity (Wildman–Crippen MR) is 67.9 cm³/mol. The van der Waals surface area contributed by atoms with Crippen molar-refractivity contribution in [3.05, 3.63) is 41.6 Å². The van der Waals surface area contributed by atoms with Gasteiger partial charge >= 0.3 is 5.97 Å². The van der Waals surface area contributed by atoms with Crippen molar-refractivity contribution in [2.24, 2.45) is 0 Å². The minimum atomic E-state index is -1.86. The molecule has 17 heavy (non-hydrogen) atoms. The average Bonchev–Trinajstić information content (AvgIpc) is 2.26. The first-order valence-electron chi connectivity index (χ1n) is 4.60. The average molecular weight is 291 g/mol. The number of carbonyl (C=O) groups is 1. The molecule has 0 spiro atoms. The maximum absolute atomic E-state index is 11.1. The number of halogens is 3. The maximum Gasteiger partial charge on any atom is 0.337 e. The Labute approximate surface area is 112 Å². The number of benzene rings is 1. The van der Waals surface area contributed by atoms with E-state index in [1.165, 1.54) is 6.07 Å². The summed E-state index contributed by atoms with van der Waals surface area (Å²) in [5.41, 5.74) is 0.399. The molecule has 1 aromatic carbocycles. The van der Waals surface area contributed by atoms with Crippen LogP contribution in [0.2, 0.25) is 0 Å². The highest BCUT2D eigenvalue weighted by Crippen LogP contribution is 2.39. The molecule has 0 aliphatic carbocycles. The number of carboxylic acids is 1. The van der Waals surface area contributed by atoms with Crippen LogP contribution in [-0.2, 0) is 3.79 Å². The van der Waals surface area contributed by atoms with Crippen LogP contribution in [0.1, 0.15) is 16.1 Å². The van der Waals surface area contributed by atoms with Gasteiger partial charge in [-0.3, -0.25) is 0 Å². The highest BCUT2D eigenvalue weighted by Gasteiger charge is 2.31. The normalized spacial score (nSPS) is 11.7. The lowest BCUT2D eigenvalue weighted by molar-refractivity contribution is 0.0695. The van der Waals surface area contributed by atoms with Crippen LogP contribution in [0.4, 0.5) is 0 Å². The summed E-state index contributed by atoms with van der Waals surface area (Å²) in [6.07, 6.45) is 0. The summed E-state index contributed by atoms with van der Waals surface area (Å²) >= 11 is 17.1. The van der Waals surface area contributed by atoms with Gasteiger partial charge < -0.3 is 5.11 Å². The standard InChI is InChI=1S/C11H6Cl3NO2/c12-11(13,14)9-7(10(16)17)5-6-3-1-2-4-8(6)15-9/h1-5H,(H,16,17). The van der Waals surface area contributed by atoms with Crippen molar-refractivity contribution in [2.45, 2.75) is 3.79 Å². The van der Waals surface area contributed by atoms with Crippen molar-refractivity contribution < 1.29 is 9.90 Å². The van der Waals surface area contributed by atoms with E-state index in [9.17, 15) is 4.79 Å². The molecule has 0 amide bonds. The second-order valence-corrected chi connectivity index (χ2v) is 5.66. The molecule has 2 aromatic rings. The van der Waals surface area contributed by atoms with Gasteiger partial charge in [0.1, 0.15) is 5.69 Å². The van der Waals surface area contributed by atoms with Crippen LogP contribution in [-0.4, -0.2) is 16.1 Å². The lowest BCUT2D eigenvalue weighted by Crippen LogP contribution is -2.12. The minimum Gasteiger partial charge on any atom is -0.478 e. The molecule has 1 aromatic heterocycles. The third-order valence-corrected chi connectivity index (χ3v) is 2.76. The molecule has 2 rings (SSSR count). The van der Waals surface area contributed by atoms with E-state index < -0.39 is 9.76 Å². The number of nitrogens with zero attached hydrogens (tertiary/aromatic N) is 1. The second-order valence-electron chi connectivity index (χ2n) is 3.38. The van der Waals surface area contributed by atoms with Gasteiger partial charge in [0.2, 0.25) is 3.79 Å². The highest BCUT2D eigenvalue weighted by atomic mass is 35.6. The fourth-order valence-corrected chi connectivity index (χ4v) is 1.93. The van der Waals surface area contributed by atoms with Crippen LogP contribution in [0.25, 0.3) is 10.9 Å². The molecule has 0 aliphatic heterocycles. The first kappa shape index (κ1) is 12.4. The Morgan fingerprint density at radius 1 is 1.24 bits per heavy atom. The fraction of sp³-hybridized carbons (Fsp3) is 0.0909. The van der Waals surface area contributed by atoms with E-state index in [0.29, 0.717) is 10.9 Å². The number of carboxylic acid groups (broad SMARTS) is 1. The largest absolute Gasteiger partial charge is 0.478 e. The van der Waals surface area contributed by atoms with Gasteiger partial charge in [-0.25, -0.2) is 9.78 Å². The van der Waals surface area contributed by atoms with Crippen molar-refractivity contribution in [2.75, 3.05) is 0 Å². The second kappa shape index (κ2) is 4.33. The molecule has 1 heterocycles. The summed E-state index contributed by atoms with van der Waals surface area (Å²) in [7, 11) is 0. The Balaban J connectivity index is 2.80.